The van der Waals surface area contributed by atoms with E-state index < -0.39 is 0 Å². The monoisotopic (exact) mass is 517 g/mol. The van der Waals surface area contributed by atoms with Crippen LogP contribution in [0.5, 0.6) is 5.75 Å². The Bertz CT molecular complexity index is 1270. The van der Waals surface area contributed by atoms with E-state index >= 15 is 0 Å². The van der Waals surface area contributed by atoms with Gasteiger partial charge in [-0.2, -0.15) is 10.2 Å². The normalized spacial score (nSPS) is 14.5. The van der Waals surface area contributed by atoms with E-state index in [-0.39, 0.29) is 30.6 Å². The summed E-state index contributed by atoms with van der Waals surface area (Å²) in [6.45, 7) is 3.54. The first kappa shape index (κ1) is 27.0. The van der Waals surface area contributed by atoms with E-state index in [0.717, 1.165) is 72.3 Å². The standard InChI is InChI=1S/C26H28FN5O.2ClH/c1-33-21-6-7-26-23(15-21)22(24(27)17-29-26)10-13-32-11-8-19(9-12-32)28-16-20-14-18-4-2-3-5-25(18)31-30-20;;/h2-7,14-15,17,19,28H,8-13,16H2,1H3;2*1H. The maximum absolute atomic E-state index is 14.6. The van der Waals surface area contributed by atoms with Gasteiger partial charge in [0.1, 0.15) is 11.6 Å². The van der Waals surface area contributed by atoms with Crippen molar-refractivity contribution in [1.82, 2.24) is 25.4 Å². The number of ether oxygens (including phenoxy) is 1. The van der Waals surface area contributed by atoms with Crippen LogP contribution < -0.4 is 10.1 Å². The van der Waals surface area contributed by atoms with E-state index in [9.17, 15) is 4.39 Å². The lowest BCUT2D eigenvalue weighted by atomic mass is 10.0. The SMILES string of the molecule is COc1ccc2ncc(F)c(CCN3CCC(NCc4cc5ccccc5nn4)CC3)c2c1.Cl.Cl. The molecular weight excluding hydrogens is 488 g/mol. The van der Waals surface area contributed by atoms with Crippen LogP contribution in [0.4, 0.5) is 4.39 Å². The van der Waals surface area contributed by atoms with Crippen LogP contribution in [-0.2, 0) is 13.0 Å². The molecule has 4 aromatic rings. The number of methoxy groups -OCH3 is 1. The van der Waals surface area contributed by atoms with E-state index in [1.165, 1.54) is 6.20 Å². The number of nitrogens with one attached hydrogen (secondary N) is 1. The summed E-state index contributed by atoms with van der Waals surface area (Å²) in [5, 5.41) is 14.2. The fourth-order valence-corrected chi connectivity index (χ4v) is 4.58. The van der Waals surface area contributed by atoms with Crippen molar-refractivity contribution in [2.24, 2.45) is 0 Å². The zero-order valence-corrected chi connectivity index (χ0v) is 21.2. The molecule has 0 aliphatic carbocycles. The summed E-state index contributed by atoms with van der Waals surface area (Å²) in [6, 6.07) is 16.2. The third-order valence-corrected chi connectivity index (χ3v) is 6.52. The molecule has 1 aliphatic rings. The van der Waals surface area contributed by atoms with Crippen LogP contribution >= 0.6 is 24.8 Å². The van der Waals surface area contributed by atoms with Crippen LogP contribution in [-0.4, -0.2) is 52.9 Å². The van der Waals surface area contributed by atoms with Crippen molar-refractivity contribution in [3.63, 3.8) is 0 Å². The summed E-state index contributed by atoms with van der Waals surface area (Å²) in [5.74, 6) is 0.475. The highest BCUT2D eigenvalue weighted by atomic mass is 35.5. The summed E-state index contributed by atoms with van der Waals surface area (Å²) in [4.78, 5) is 6.64. The minimum Gasteiger partial charge on any atom is -0.497 e. The highest BCUT2D eigenvalue weighted by Crippen LogP contribution is 2.25. The number of aromatic nitrogens is 3. The smallest absolute Gasteiger partial charge is 0.145 e. The molecule has 3 heterocycles. The largest absolute Gasteiger partial charge is 0.497 e. The highest BCUT2D eigenvalue weighted by Gasteiger charge is 2.20. The number of rotatable bonds is 7. The lowest BCUT2D eigenvalue weighted by Gasteiger charge is -2.32. The fraction of sp³-hybridized carbons (Fsp3) is 0.346. The lowest BCUT2D eigenvalue weighted by molar-refractivity contribution is 0.198. The van der Waals surface area contributed by atoms with Crippen molar-refractivity contribution in [1.29, 1.82) is 0 Å². The number of hydrogen-bond acceptors (Lipinski definition) is 6. The number of pyridine rings is 1. The van der Waals surface area contributed by atoms with Crippen LogP contribution in [0.15, 0.2) is 54.7 Å². The number of nitrogens with zero attached hydrogens (tertiary/aromatic N) is 4. The summed E-state index contributed by atoms with van der Waals surface area (Å²) in [7, 11) is 1.62. The van der Waals surface area contributed by atoms with Crippen molar-refractivity contribution in [2.45, 2.75) is 31.8 Å². The van der Waals surface area contributed by atoms with E-state index in [0.29, 0.717) is 18.0 Å². The van der Waals surface area contributed by atoms with Gasteiger partial charge in [0.05, 0.1) is 30.0 Å². The number of piperidine rings is 1. The summed E-state index contributed by atoms with van der Waals surface area (Å²) >= 11 is 0. The van der Waals surface area contributed by atoms with Gasteiger partial charge in [0.2, 0.25) is 0 Å². The lowest BCUT2D eigenvalue weighted by Crippen LogP contribution is -2.43. The van der Waals surface area contributed by atoms with Gasteiger partial charge in [-0.1, -0.05) is 18.2 Å². The number of likely N-dealkylation sites (tertiary alicyclic amines) is 1. The van der Waals surface area contributed by atoms with Gasteiger partial charge in [0, 0.05) is 35.5 Å². The van der Waals surface area contributed by atoms with Gasteiger partial charge in [-0.15, -0.1) is 24.8 Å². The maximum atomic E-state index is 14.6. The Labute approximate surface area is 217 Å². The first-order chi connectivity index (χ1) is 16.2. The van der Waals surface area contributed by atoms with Gasteiger partial charge in [-0.3, -0.25) is 4.98 Å². The molecule has 0 unspecified atom stereocenters. The Morgan fingerprint density at radius 2 is 1.83 bits per heavy atom. The third kappa shape index (κ3) is 6.35. The minimum absolute atomic E-state index is 0. The molecule has 9 heteroatoms. The topological polar surface area (TPSA) is 63.2 Å². The van der Waals surface area contributed by atoms with E-state index in [1.807, 2.05) is 36.4 Å². The average Bonchev–Trinajstić information content (AvgIpc) is 2.87. The van der Waals surface area contributed by atoms with Crippen molar-refractivity contribution in [2.75, 3.05) is 26.7 Å². The second kappa shape index (κ2) is 12.4. The molecule has 2 aromatic carbocycles. The third-order valence-electron chi connectivity index (χ3n) is 6.52. The van der Waals surface area contributed by atoms with Crippen molar-refractivity contribution < 1.29 is 9.13 Å². The zero-order chi connectivity index (χ0) is 22.6. The van der Waals surface area contributed by atoms with Gasteiger partial charge >= 0.3 is 0 Å². The summed E-state index contributed by atoms with van der Waals surface area (Å²) < 4.78 is 19.9. The molecule has 0 amide bonds. The second-order valence-corrected chi connectivity index (χ2v) is 8.61. The molecule has 5 rings (SSSR count). The zero-order valence-electron chi connectivity index (χ0n) is 19.6. The molecule has 0 saturated carbocycles. The van der Waals surface area contributed by atoms with Crippen LogP contribution in [0.3, 0.4) is 0 Å². The van der Waals surface area contributed by atoms with Crippen molar-refractivity contribution in [3.8, 4) is 5.75 Å². The Kier molecular flexibility index (Phi) is 9.57. The van der Waals surface area contributed by atoms with E-state index in [4.69, 9.17) is 4.74 Å². The Morgan fingerprint density at radius 3 is 2.63 bits per heavy atom. The predicted octanol–water partition coefficient (Wildman–Crippen LogP) is 4.97. The summed E-state index contributed by atoms with van der Waals surface area (Å²) in [5.41, 5.74) is 3.40. The molecule has 1 saturated heterocycles. The van der Waals surface area contributed by atoms with Crippen molar-refractivity contribution >= 4 is 46.6 Å². The van der Waals surface area contributed by atoms with Gasteiger partial charge in [0.15, 0.2) is 0 Å². The molecule has 2 aromatic heterocycles. The first-order valence-electron chi connectivity index (χ1n) is 11.5. The molecule has 1 N–H and O–H groups in total. The molecule has 186 valence electrons. The first-order valence-corrected chi connectivity index (χ1v) is 11.5. The average molecular weight is 518 g/mol. The van der Waals surface area contributed by atoms with Crippen LogP contribution in [0.1, 0.15) is 24.1 Å². The number of fused-ring (bicyclic) bond motifs is 2. The molecule has 35 heavy (non-hydrogen) atoms. The molecule has 0 radical (unpaired) electrons. The highest BCUT2D eigenvalue weighted by molar-refractivity contribution is 5.86. The Balaban J connectivity index is 0.00000171. The Hall–Kier alpha value is -2.58. The molecule has 1 aliphatic heterocycles. The van der Waals surface area contributed by atoms with Crippen LogP contribution in [0, 0.1) is 5.82 Å². The molecule has 0 atom stereocenters. The molecule has 0 bridgehead atoms. The molecular formula is C26H30Cl2FN5O. The van der Waals surface area contributed by atoms with E-state index in [2.05, 4.69) is 37.5 Å². The van der Waals surface area contributed by atoms with Gasteiger partial charge in [-0.25, -0.2) is 4.39 Å². The van der Waals surface area contributed by atoms with E-state index in [1.54, 1.807) is 7.11 Å². The van der Waals surface area contributed by atoms with Gasteiger partial charge in [0.25, 0.3) is 0 Å². The van der Waals surface area contributed by atoms with Crippen LogP contribution in [0.2, 0.25) is 0 Å². The van der Waals surface area contributed by atoms with Crippen molar-refractivity contribution in [3.05, 3.63) is 71.8 Å². The molecule has 6 nitrogen and oxygen atoms in total. The quantitative estimate of drug-likeness (QED) is 0.373. The number of benzene rings is 2. The van der Waals surface area contributed by atoms with Crippen LogP contribution in [0.25, 0.3) is 21.8 Å². The minimum atomic E-state index is -0.246. The number of hydrogen-bond donors (Lipinski definition) is 1. The molecule has 0 spiro atoms. The summed E-state index contributed by atoms with van der Waals surface area (Å²) in [6.07, 6.45) is 4.11. The van der Waals surface area contributed by atoms with Gasteiger partial charge in [-0.05, 0) is 62.7 Å². The maximum Gasteiger partial charge on any atom is 0.145 e. The Morgan fingerprint density at radius 1 is 1.03 bits per heavy atom. The van der Waals surface area contributed by atoms with Gasteiger partial charge < -0.3 is 15.0 Å². The predicted molar refractivity (Wildman–Crippen MR) is 142 cm³/mol. The molecule has 1 fully saturated rings. The number of halogens is 3. The fourth-order valence-electron chi connectivity index (χ4n) is 4.58. The second-order valence-electron chi connectivity index (χ2n) is 8.61.